The Morgan fingerprint density at radius 1 is 1.32 bits per heavy atom. The summed E-state index contributed by atoms with van der Waals surface area (Å²) in [6, 6.07) is 5.90. The lowest BCUT2D eigenvalue weighted by atomic mass is 10.1. The third kappa shape index (κ3) is 2.43. The number of hydrogen-bond acceptors (Lipinski definition) is 8. The van der Waals surface area contributed by atoms with E-state index < -0.39 is 0 Å². The molecule has 126 valence electrons. The molecule has 25 heavy (non-hydrogen) atoms. The molecular weight excluding hydrogens is 336 g/mol. The topological polar surface area (TPSA) is 84.1 Å². The second kappa shape index (κ2) is 5.71. The van der Waals surface area contributed by atoms with Gasteiger partial charge in [-0.3, -0.25) is 4.98 Å². The summed E-state index contributed by atoms with van der Waals surface area (Å²) in [4.78, 5) is 13.8. The first kappa shape index (κ1) is 14.7. The lowest BCUT2D eigenvalue weighted by Crippen LogP contribution is -2.25. The zero-order valence-corrected chi connectivity index (χ0v) is 14.5. The number of rotatable bonds is 3. The van der Waals surface area contributed by atoms with Crippen molar-refractivity contribution in [3.8, 4) is 0 Å². The number of aromatic nitrogens is 6. The van der Waals surface area contributed by atoms with Gasteiger partial charge in [-0.1, -0.05) is 11.2 Å². The molecule has 0 atom stereocenters. The Morgan fingerprint density at radius 3 is 3.16 bits per heavy atom. The highest BCUT2D eigenvalue weighted by Crippen LogP contribution is 2.38. The average Bonchev–Trinajstić information content (AvgIpc) is 3.24. The second-order valence-corrected chi connectivity index (χ2v) is 7.28. The van der Waals surface area contributed by atoms with Gasteiger partial charge in [0.2, 0.25) is 0 Å². The van der Waals surface area contributed by atoms with Crippen LogP contribution >= 0.6 is 11.3 Å². The summed E-state index contributed by atoms with van der Waals surface area (Å²) in [6.07, 6.45) is 2.81. The molecule has 5 heterocycles. The fourth-order valence-electron chi connectivity index (χ4n) is 3.25. The van der Waals surface area contributed by atoms with Gasteiger partial charge in [-0.25, -0.2) is 0 Å². The highest BCUT2D eigenvalue weighted by molar-refractivity contribution is 7.19. The molecule has 8 nitrogen and oxygen atoms in total. The molecule has 0 fully saturated rings. The van der Waals surface area contributed by atoms with Crippen LogP contribution in [0.25, 0.3) is 16.0 Å². The van der Waals surface area contributed by atoms with Crippen LogP contribution in [0.1, 0.15) is 16.1 Å². The number of nitrogens with one attached hydrogen (secondary N) is 1. The van der Waals surface area contributed by atoms with Gasteiger partial charge in [-0.05, 0) is 41.6 Å². The monoisotopic (exact) mass is 352 g/mol. The molecule has 0 bridgehead atoms. The van der Waals surface area contributed by atoms with E-state index in [4.69, 9.17) is 0 Å². The van der Waals surface area contributed by atoms with Gasteiger partial charge in [0, 0.05) is 24.2 Å². The van der Waals surface area contributed by atoms with Gasteiger partial charge in [0.15, 0.2) is 0 Å². The van der Waals surface area contributed by atoms with Crippen molar-refractivity contribution >= 4 is 33.1 Å². The lowest BCUT2D eigenvalue weighted by molar-refractivity contribution is 0.318. The van der Waals surface area contributed by atoms with Gasteiger partial charge < -0.3 is 10.2 Å². The van der Waals surface area contributed by atoms with Gasteiger partial charge in [0.05, 0.1) is 17.6 Å². The Morgan fingerprint density at radius 2 is 2.28 bits per heavy atom. The zero-order chi connectivity index (χ0) is 16.8. The standard InChI is InChI=1S/C16H16N8S/c1-23-7-5-11-12(9-23)25-15-13(11)14(19-16-20-21-22-24(15)16)18-8-10-4-2-3-6-17-10/h2-4,6H,5,7-9H2,1H3,(H,18,19,20,22). The summed E-state index contributed by atoms with van der Waals surface area (Å²) in [7, 11) is 2.15. The Bertz CT molecular complexity index is 1050. The van der Waals surface area contributed by atoms with Crippen molar-refractivity contribution in [3.05, 3.63) is 40.5 Å². The molecular formula is C16H16N8S. The van der Waals surface area contributed by atoms with Crippen molar-refractivity contribution in [2.24, 2.45) is 0 Å². The van der Waals surface area contributed by atoms with E-state index >= 15 is 0 Å². The third-order valence-corrected chi connectivity index (χ3v) is 5.68. The van der Waals surface area contributed by atoms with Crippen LogP contribution in [-0.2, 0) is 19.5 Å². The van der Waals surface area contributed by atoms with Crippen molar-refractivity contribution in [3.63, 3.8) is 0 Å². The normalized spacial score (nSPS) is 14.9. The predicted molar refractivity (Wildman–Crippen MR) is 95.6 cm³/mol. The van der Waals surface area contributed by atoms with Crippen LogP contribution in [0, 0.1) is 0 Å². The molecule has 5 rings (SSSR count). The third-order valence-electron chi connectivity index (χ3n) is 4.49. The first-order valence-electron chi connectivity index (χ1n) is 8.14. The van der Waals surface area contributed by atoms with Crippen LogP contribution in [-0.4, -0.2) is 48.5 Å². The summed E-state index contributed by atoms with van der Waals surface area (Å²) in [5.74, 6) is 1.35. The van der Waals surface area contributed by atoms with E-state index in [0.29, 0.717) is 12.3 Å². The molecule has 4 aromatic rings. The number of pyridine rings is 1. The van der Waals surface area contributed by atoms with Crippen LogP contribution in [0.3, 0.4) is 0 Å². The predicted octanol–water partition coefficient (Wildman–Crippen LogP) is 1.73. The average molecular weight is 352 g/mol. The fourth-order valence-corrected chi connectivity index (χ4v) is 4.63. The van der Waals surface area contributed by atoms with E-state index in [1.165, 1.54) is 10.4 Å². The molecule has 1 aliphatic rings. The number of nitrogens with zero attached hydrogens (tertiary/aromatic N) is 7. The molecule has 1 aliphatic heterocycles. The zero-order valence-electron chi connectivity index (χ0n) is 13.7. The summed E-state index contributed by atoms with van der Waals surface area (Å²) in [6.45, 7) is 2.62. The smallest absolute Gasteiger partial charge is 0.276 e. The summed E-state index contributed by atoms with van der Waals surface area (Å²) in [5, 5.41) is 16.5. The molecule has 0 saturated heterocycles. The Balaban J connectivity index is 1.65. The van der Waals surface area contributed by atoms with Crippen molar-refractivity contribution in [1.29, 1.82) is 0 Å². The first-order chi connectivity index (χ1) is 12.3. The van der Waals surface area contributed by atoms with Crippen LogP contribution in [0.4, 0.5) is 5.82 Å². The van der Waals surface area contributed by atoms with E-state index in [-0.39, 0.29) is 0 Å². The van der Waals surface area contributed by atoms with Crippen LogP contribution < -0.4 is 5.32 Å². The molecule has 1 N–H and O–H groups in total. The molecule has 0 amide bonds. The minimum absolute atomic E-state index is 0.517. The maximum atomic E-state index is 4.66. The van der Waals surface area contributed by atoms with Gasteiger partial charge in [-0.2, -0.15) is 9.50 Å². The van der Waals surface area contributed by atoms with Gasteiger partial charge >= 0.3 is 0 Å². The van der Waals surface area contributed by atoms with Crippen LogP contribution in [0.2, 0.25) is 0 Å². The van der Waals surface area contributed by atoms with E-state index in [2.05, 4.69) is 42.8 Å². The SMILES string of the molecule is CN1CCc2c(sc3c2c(NCc2ccccn2)nc2nnnn23)C1. The van der Waals surface area contributed by atoms with Crippen molar-refractivity contribution in [1.82, 2.24) is 34.9 Å². The number of fused-ring (bicyclic) bond motifs is 5. The van der Waals surface area contributed by atoms with Crippen molar-refractivity contribution in [2.75, 3.05) is 18.9 Å². The van der Waals surface area contributed by atoms with Gasteiger partial charge in [0.1, 0.15) is 10.6 Å². The molecule has 0 aliphatic carbocycles. The molecule has 4 aromatic heterocycles. The second-order valence-electron chi connectivity index (χ2n) is 6.20. The summed E-state index contributed by atoms with van der Waals surface area (Å²) < 4.78 is 1.74. The lowest BCUT2D eigenvalue weighted by Gasteiger charge is -2.22. The Hall–Kier alpha value is -2.65. The number of thiophene rings is 1. The number of tetrazole rings is 1. The fraction of sp³-hybridized carbons (Fsp3) is 0.312. The molecule has 0 aromatic carbocycles. The maximum absolute atomic E-state index is 4.66. The van der Waals surface area contributed by atoms with E-state index in [0.717, 1.165) is 41.2 Å². The van der Waals surface area contributed by atoms with Crippen LogP contribution in [0.15, 0.2) is 24.4 Å². The van der Waals surface area contributed by atoms with Crippen molar-refractivity contribution in [2.45, 2.75) is 19.5 Å². The molecule has 0 spiro atoms. The molecule has 0 saturated carbocycles. The summed E-state index contributed by atoms with van der Waals surface area (Å²) >= 11 is 1.76. The van der Waals surface area contributed by atoms with Crippen LogP contribution in [0.5, 0.6) is 0 Å². The van der Waals surface area contributed by atoms with E-state index in [1.807, 2.05) is 18.2 Å². The highest BCUT2D eigenvalue weighted by atomic mass is 32.1. The molecule has 0 radical (unpaired) electrons. The minimum atomic E-state index is 0.517. The summed E-state index contributed by atoms with van der Waals surface area (Å²) in [5.41, 5.74) is 2.34. The molecule has 0 unspecified atom stereocenters. The maximum Gasteiger partial charge on any atom is 0.276 e. The largest absolute Gasteiger partial charge is 0.364 e. The molecule has 9 heteroatoms. The minimum Gasteiger partial charge on any atom is -0.364 e. The van der Waals surface area contributed by atoms with E-state index in [9.17, 15) is 0 Å². The first-order valence-corrected chi connectivity index (χ1v) is 8.96. The number of likely N-dealkylation sites (N-methyl/N-ethyl adjacent to an activating group) is 1. The van der Waals surface area contributed by atoms with Gasteiger partial charge in [-0.15, -0.1) is 11.3 Å². The number of hydrogen-bond donors (Lipinski definition) is 1. The van der Waals surface area contributed by atoms with E-state index in [1.54, 1.807) is 22.0 Å². The quantitative estimate of drug-likeness (QED) is 0.601. The Labute approximate surface area is 147 Å². The van der Waals surface area contributed by atoms with Gasteiger partial charge in [0.25, 0.3) is 5.78 Å². The Kier molecular flexibility index (Phi) is 3.35. The van der Waals surface area contributed by atoms with Crippen molar-refractivity contribution < 1.29 is 0 Å². The number of anilines is 1. The highest BCUT2D eigenvalue weighted by Gasteiger charge is 2.24.